The van der Waals surface area contributed by atoms with Crippen molar-refractivity contribution in [3.63, 3.8) is 0 Å². The zero-order valence-electron chi connectivity index (χ0n) is 16.8. The molecule has 0 saturated carbocycles. The van der Waals surface area contributed by atoms with Crippen LogP contribution in [0.3, 0.4) is 0 Å². The zero-order chi connectivity index (χ0) is 21.5. The number of amides is 2. The Labute approximate surface area is 173 Å². The highest BCUT2D eigenvalue weighted by Crippen LogP contribution is 2.24. The van der Waals surface area contributed by atoms with Crippen molar-refractivity contribution in [1.29, 1.82) is 0 Å². The second kappa shape index (κ2) is 9.69. The number of halogens is 1. The number of carbonyl (C=O) groups excluding carboxylic acids is 2. The van der Waals surface area contributed by atoms with Crippen LogP contribution in [0.1, 0.15) is 23.0 Å². The molecule has 7 nitrogen and oxygen atoms in total. The first kappa shape index (κ1) is 21.0. The number of rotatable bonds is 8. The van der Waals surface area contributed by atoms with Crippen LogP contribution in [-0.4, -0.2) is 35.0 Å². The van der Waals surface area contributed by atoms with E-state index in [0.717, 1.165) is 5.56 Å². The molecule has 2 aromatic carbocycles. The van der Waals surface area contributed by atoms with E-state index in [2.05, 4.69) is 15.6 Å². The SMILES string of the molecule is COc1cccc(C(NC(=O)CNC(=O)Cc2cccc(F)c2)c2nccn2C)c1. The minimum absolute atomic E-state index is 0.0102. The van der Waals surface area contributed by atoms with E-state index in [-0.39, 0.29) is 24.8 Å². The third kappa shape index (κ3) is 5.44. The van der Waals surface area contributed by atoms with E-state index < -0.39 is 11.9 Å². The van der Waals surface area contributed by atoms with E-state index in [0.29, 0.717) is 17.1 Å². The predicted molar refractivity (Wildman–Crippen MR) is 109 cm³/mol. The van der Waals surface area contributed by atoms with Gasteiger partial charge in [0, 0.05) is 19.4 Å². The molecule has 1 atom stereocenters. The average molecular weight is 410 g/mol. The Hall–Kier alpha value is -3.68. The molecular formula is C22H23FN4O3. The number of hydrogen-bond acceptors (Lipinski definition) is 4. The number of ether oxygens (including phenoxy) is 1. The van der Waals surface area contributed by atoms with Gasteiger partial charge in [0.2, 0.25) is 11.8 Å². The van der Waals surface area contributed by atoms with Crippen molar-refractivity contribution < 1.29 is 18.7 Å². The number of aromatic nitrogens is 2. The molecule has 0 saturated heterocycles. The average Bonchev–Trinajstić information content (AvgIpc) is 3.16. The van der Waals surface area contributed by atoms with Gasteiger partial charge in [0.15, 0.2) is 0 Å². The van der Waals surface area contributed by atoms with Gasteiger partial charge in [-0.15, -0.1) is 0 Å². The van der Waals surface area contributed by atoms with Gasteiger partial charge in [-0.3, -0.25) is 9.59 Å². The lowest BCUT2D eigenvalue weighted by Crippen LogP contribution is -2.40. The van der Waals surface area contributed by atoms with Crippen LogP contribution in [-0.2, 0) is 23.1 Å². The molecule has 0 fully saturated rings. The van der Waals surface area contributed by atoms with Gasteiger partial charge in [-0.2, -0.15) is 0 Å². The minimum Gasteiger partial charge on any atom is -0.497 e. The maximum Gasteiger partial charge on any atom is 0.240 e. The number of nitrogens with zero attached hydrogens (tertiary/aromatic N) is 2. The molecule has 2 N–H and O–H groups in total. The molecule has 8 heteroatoms. The van der Waals surface area contributed by atoms with Crippen molar-refractivity contribution in [3.05, 3.63) is 83.7 Å². The maximum atomic E-state index is 13.2. The zero-order valence-corrected chi connectivity index (χ0v) is 16.8. The lowest BCUT2D eigenvalue weighted by Gasteiger charge is -2.20. The van der Waals surface area contributed by atoms with Crippen molar-refractivity contribution in [2.45, 2.75) is 12.5 Å². The molecule has 0 spiro atoms. The number of nitrogens with one attached hydrogen (secondary N) is 2. The van der Waals surface area contributed by atoms with E-state index >= 15 is 0 Å². The van der Waals surface area contributed by atoms with Crippen LogP contribution >= 0.6 is 0 Å². The summed E-state index contributed by atoms with van der Waals surface area (Å²) in [5.41, 5.74) is 1.33. The molecule has 3 aromatic rings. The topological polar surface area (TPSA) is 85.2 Å². The van der Waals surface area contributed by atoms with Crippen molar-refractivity contribution in [2.75, 3.05) is 13.7 Å². The molecular weight excluding hydrogens is 387 g/mol. The third-order valence-electron chi connectivity index (χ3n) is 4.55. The summed E-state index contributed by atoms with van der Waals surface area (Å²) in [6, 6.07) is 12.6. The normalized spacial score (nSPS) is 11.6. The van der Waals surface area contributed by atoms with Gasteiger partial charge in [-0.25, -0.2) is 9.37 Å². The largest absolute Gasteiger partial charge is 0.497 e. The lowest BCUT2D eigenvalue weighted by molar-refractivity contribution is -0.126. The summed E-state index contributed by atoms with van der Waals surface area (Å²) < 4.78 is 20.3. The fourth-order valence-electron chi connectivity index (χ4n) is 3.06. The van der Waals surface area contributed by atoms with Crippen molar-refractivity contribution >= 4 is 11.8 Å². The molecule has 1 unspecified atom stereocenters. The van der Waals surface area contributed by atoms with Gasteiger partial charge in [0.1, 0.15) is 23.4 Å². The summed E-state index contributed by atoms with van der Waals surface area (Å²) in [5, 5.41) is 5.47. The third-order valence-corrected chi connectivity index (χ3v) is 4.55. The van der Waals surface area contributed by atoms with Gasteiger partial charge in [0.05, 0.1) is 20.1 Å². The molecule has 0 aliphatic carbocycles. The predicted octanol–water partition coefficient (Wildman–Crippen LogP) is 2.13. The second-order valence-electron chi connectivity index (χ2n) is 6.76. The monoisotopic (exact) mass is 410 g/mol. The summed E-state index contributed by atoms with van der Waals surface area (Å²) in [6.45, 7) is -0.209. The van der Waals surface area contributed by atoms with E-state index in [9.17, 15) is 14.0 Å². The van der Waals surface area contributed by atoms with Crippen LogP contribution in [0.2, 0.25) is 0 Å². The summed E-state index contributed by atoms with van der Waals surface area (Å²) in [7, 11) is 3.41. The van der Waals surface area contributed by atoms with Crippen molar-refractivity contribution in [3.8, 4) is 5.75 Å². The first-order valence-corrected chi connectivity index (χ1v) is 9.38. The molecule has 156 valence electrons. The van der Waals surface area contributed by atoms with E-state index in [1.807, 2.05) is 35.9 Å². The fraction of sp³-hybridized carbons (Fsp3) is 0.227. The Balaban J connectivity index is 1.66. The Morgan fingerprint density at radius 1 is 1.17 bits per heavy atom. The number of aryl methyl sites for hydroxylation is 1. The number of hydrogen-bond donors (Lipinski definition) is 2. The van der Waals surface area contributed by atoms with Gasteiger partial charge in [-0.1, -0.05) is 24.3 Å². The Morgan fingerprint density at radius 3 is 2.67 bits per heavy atom. The molecule has 1 aromatic heterocycles. The number of carbonyl (C=O) groups is 2. The number of methoxy groups -OCH3 is 1. The van der Waals surface area contributed by atoms with Crippen LogP contribution in [0.5, 0.6) is 5.75 Å². The van der Waals surface area contributed by atoms with Crippen LogP contribution in [0.15, 0.2) is 60.9 Å². The van der Waals surface area contributed by atoms with Crippen molar-refractivity contribution in [2.24, 2.45) is 7.05 Å². The molecule has 30 heavy (non-hydrogen) atoms. The molecule has 0 bridgehead atoms. The van der Waals surface area contributed by atoms with E-state index in [1.165, 1.54) is 18.2 Å². The van der Waals surface area contributed by atoms with Crippen molar-refractivity contribution in [1.82, 2.24) is 20.2 Å². The van der Waals surface area contributed by atoms with Gasteiger partial charge < -0.3 is 19.9 Å². The minimum atomic E-state index is -0.521. The smallest absolute Gasteiger partial charge is 0.240 e. The Kier molecular flexibility index (Phi) is 6.79. The summed E-state index contributed by atoms with van der Waals surface area (Å²) in [6.07, 6.45) is 3.43. The van der Waals surface area contributed by atoms with Crippen LogP contribution in [0.25, 0.3) is 0 Å². The number of imidazole rings is 1. The molecule has 0 aliphatic rings. The van der Waals surface area contributed by atoms with E-state index in [1.54, 1.807) is 25.6 Å². The maximum absolute atomic E-state index is 13.2. The molecule has 2 amide bonds. The Bertz CT molecular complexity index is 1030. The quantitative estimate of drug-likeness (QED) is 0.596. The van der Waals surface area contributed by atoms with Crippen LogP contribution < -0.4 is 15.4 Å². The van der Waals surface area contributed by atoms with Crippen LogP contribution in [0, 0.1) is 5.82 Å². The summed E-state index contributed by atoms with van der Waals surface area (Å²) >= 11 is 0. The highest BCUT2D eigenvalue weighted by atomic mass is 19.1. The standard InChI is InChI=1S/C22H23FN4O3/c1-27-10-9-24-22(27)21(16-6-4-8-18(13-16)30-2)26-20(29)14-25-19(28)12-15-5-3-7-17(23)11-15/h3-11,13,21H,12,14H2,1-2H3,(H,25,28)(H,26,29). The molecule has 3 rings (SSSR count). The lowest BCUT2D eigenvalue weighted by atomic mass is 10.1. The molecule has 0 aliphatic heterocycles. The molecule has 1 heterocycles. The number of benzene rings is 2. The first-order chi connectivity index (χ1) is 14.5. The van der Waals surface area contributed by atoms with Gasteiger partial charge in [-0.05, 0) is 35.4 Å². The highest BCUT2D eigenvalue weighted by molar-refractivity contribution is 5.86. The summed E-state index contributed by atoms with van der Waals surface area (Å²) in [4.78, 5) is 29.0. The second-order valence-corrected chi connectivity index (χ2v) is 6.76. The van der Waals surface area contributed by atoms with Crippen LogP contribution in [0.4, 0.5) is 4.39 Å². The van der Waals surface area contributed by atoms with Gasteiger partial charge >= 0.3 is 0 Å². The molecule has 0 radical (unpaired) electrons. The highest BCUT2D eigenvalue weighted by Gasteiger charge is 2.21. The summed E-state index contributed by atoms with van der Waals surface area (Å²) in [5.74, 6) is 0.144. The van der Waals surface area contributed by atoms with Gasteiger partial charge in [0.25, 0.3) is 0 Å². The fourth-order valence-corrected chi connectivity index (χ4v) is 3.06. The Morgan fingerprint density at radius 2 is 1.97 bits per heavy atom. The van der Waals surface area contributed by atoms with E-state index in [4.69, 9.17) is 4.74 Å². The first-order valence-electron chi connectivity index (χ1n) is 9.38.